The lowest BCUT2D eigenvalue weighted by molar-refractivity contribution is 0.590. The number of fused-ring (bicyclic) bond motifs is 4. The van der Waals surface area contributed by atoms with E-state index in [0.717, 1.165) is 16.6 Å². The maximum Gasteiger partial charge on any atom is 0.125 e. The van der Waals surface area contributed by atoms with Gasteiger partial charge in [-0.2, -0.15) is 0 Å². The third-order valence-electron chi connectivity index (χ3n) is 6.47. The van der Waals surface area contributed by atoms with Gasteiger partial charge >= 0.3 is 0 Å². The Bertz CT molecular complexity index is 1810. The number of hydrogen-bond donors (Lipinski definition) is 0. The average molecular weight is 470 g/mol. The highest BCUT2D eigenvalue weighted by Gasteiger charge is 2.18. The van der Waals surface area contributed by atoms with Crippen molar-refractivity contribution in [3.05, 3.63) is 83.0 Å². The van der Waals surface area contributed by atoms with Gasteiger partial charge in [-0.25, -0.2) is 4.98 Å². The molecule has 5 aromatic rings. The van der Waals surface area contributed by atoms with Crippen molar-refractivity contribution in [2.24, 2.45) is 0 Å². The lowest BCUT2D eigenvalue weighted by Crippen LogP contribution is -2.10. The lowest BCUT2D eigenvalue weighted by atomic mass is 9.86. The fourth-order valence-corrected chi connectivity index (χ4v) is 5.77. The summed E-state index contributed by atoms with van der Waals surface area (Å²) in [5.41, 5.74) is 5.00. The van der Waals surface area contributed by atoms with Crippen LogP contribution in [0.5, 0.6) is 0 Å². The van der Waals surface area contributed by atoms with Gasteiger partial charge in [-0.15, -0.1) is 11.3 Å². The van der Waals surface area contributed by atoms with Gasteiger partial charge in [-0.05, 0) is 78.3 Å². The van der Waals surface area contributed by atoms with Gasteiger partial charge in [0.05, 0.1) is 11.4 Å². The van der Waals surface area contributed by atoms with Crippen molar-refractivity contribution in [3.63, 3.8) is 0 Å². The van der Waals surface area contributed by atoms with Crippen LogP contribution in [0.3, 0.4) is 0 Å². The van der Waals surface area contributed by atoms with Crippen molar-refractivity contribution in [2.75, 3.05) is 0 Å². The minimum absolute atomic E-state index is 0.0383. The molecule has 2 nitrogen and oxygen atoms in total. The van der Waals surface area contributed by atoms with Crippen molar-refractivity contribution >= 4 is 31.6 Å². The monoisotopic (exact) mass is 469 g/mol. The number of nitrogens with zero attached hydrogens (tertiary/aromatic N) is 2. The number of thiophene rings is 1. The second-order valence-electron chi connectivity index (χ2n) is 9.81. The quantitative estimate of drug-likeness (QED) is 0.258. The summed E-state index contributed by atoms with van der Waals surface area (Å²) < 4.78 is 59.3. The smallest absolute Gasteiger partial charge is 0.125 e. The van der Waals surface area contributed by atoms with Crippen LogP contribution in [0.15, 0.2) is 60.8 Å². The van der Waals surface area contributed by atoms with E-state index in [-0.39, 0.29) is 29.4 Å². The van der Waals surface area contributed by atoms with Crippen molar-refractivity contribution in [3.8, 4) is 22.5 Å². The maximum atomic E-state index is 8.55. The van der Waals surface area contributed by atoms with Crippen LogP contribution in [0.2, 0.25) is 0 Å². The highest BCUT2D eigenvalue weighted by Crippen LogP contribution is 2.41. The number of hydrogen-bond acceptors (Lipinski definition) is 3. The largest absolute Gasteiger partial charge is 0.256 e. The molecule has 1 aliphatic carbocycles. The summed E-state index contributed by atoms with van der Waals surface area (Å²) in [4.78, 5) is 10.2. The predicted octanol–water partition coefficient (Wildman–Crippen LogP) is 8.66. The van der Waals surface area contributed by atoms with Crippen LogP contribution >= 0.6 is 11.3 Å². The van der Waals surface area contributed by atoms with Crippen molar-refractivity contribution in [1.29, 1.82) is 0 Å². The molecular weight excluding hydrogens is 432 g/mol. The highest BCUT2D eigenvalue weighted by atomic mass is 32.1. The fourth-order valence-electron chi connectivity index (χ4n) is 4.55. The zero-order valence-corrected chi connectivity index (χ0v) is 20.3. The molecule has 0 N–H and O–H groups in total. The predicted molar refractivity (Wildman–Crippen MR) is 146 cm³/mol. The van der Waals surface area contributed by atoms with E-state index in [9.17, 15) is 0 Å². The molecular formula is C31H30N2S. The van der Waals surface area contributed by atoms with E-state index in [2.05, 4.69) is 50.0 Å². The number of rotatable bonds is 2. The van der Waals surface area contributed by atoms with Gasteiger partial charge in [0.15, 0.2) is 0 Å². The Morgan fingerprint density at radius 1 is 0.912 bits per heavy atom. The molecule has 6 rings (SSSR count). The van der Waals surface area contributed by atoms with Crippen LogP contribution in [-0.4, -0.2) is 9.97 Å². The SMILES string of the molecule is [2H]C([2H])([2H])c1ccc(-c2cc3c(cn2)C([2H])([2H])CCC3([2H])[2H])c2sc3nc(-c4ccc(C(C)(C)C)cc4)ccc3c12. The van der Waals surface area contributed by atoms with Crippen LogP contribution in [0.1, 0.15) is 65.5 Å². The van der Waals surface area contributed by atoms with Gasteiger partial charge in [0.1, 0.15) is 4.83 Å². The van der Waals surface area contributed by atoms with E-state index < -0.39 is 19.6 Å². The fraction of sp³-hybridized carbons (Fsp3) is 0.290. The van der Waals surface area contributed by atoms with Gasteiger partial charge in [0.2, 0.25) is 0 Å². The first-order valence-corrected chi connectivity index (χ1v) is 12.4. The molecule has 1 aliphatic rings. The standard InChI is InChI=1S/C31H30N2S/c1-19-9-14-24(27-17-21-7-5-6-8-22(21)18-32-27)29-28(19)25-15-16-26(33-30(25)34-29)20-10-12-23(13-11-20)31(2,3)4/h9-18H,5-8H2,1-4H3/i1D3,7D2,8D2. The third-order valence-corrected chi connectivity index (χ3v) is 7.60. The number of aromatic nitrogens is 2. The van der Waals surface area contributed by atoms with E-state index in [4.69, 9.17) is 14.6 Å². The molecule has 0 saturated heterocycles. The van der Waals surface area contributed by atoms with Crippen LogP contribution in [-0.2, 0) is 18.2 Å². The van der Waals surface area contributed by atoms with E-state index in [1.807, 2.05) is 12.1 Å². The number of aryl methyl sites for hydroxylation is 3. The van der Waals surface area contributed by atoms with Crippen LogP contribution in [0.25, 0.3) is 42.8 Å². The lowest BCUT2D eigenvalue weighted by Gasteiger charge is -2.19. The zero-order chi connectivity index (χ0) is 29.5. The van der Waals surface area contributed by atoms with Gasteiger partial charge in [-0.1, -0.05) is 57.2 Å². The van der Waals surface area contributed by atoms with Crippen molar-refractivity contribution in [1.82, 2.24) is 9.97 Å². The minimum Gasteiger partial charge on any atom is -0.256 e. The van der Waals surface area contributed by atoms with Crippen molar-refractivity contribution < 1.29 is 9.60 Å². The van der Waals surface area contributed by atoms with Gasteiger partial charge in [-0.3, -0.25) is 4.98 Å². The molecule has 0 radical (unpaired) electrons. The van der Waals surface area contributed by atoms with Crippen LogP contribution in [0.4, 0.5) is 0 Å². The summed E-state index contributed by atoms with van der Waals surface area (Å²) in [5, 5.41) is 1.35. The normalized spacial score (nSPS) is 20.4. The molecule has 0 saturated carbocycles. The van der Waals surface area contributed by atoms with Crippen molar-refractivity contribution in [2.45, 2.75) is 58.6 Å². The molecule has 3 heterocycles. The number of benzene rings is 2. The summed E-state index contributed by atoms with van der Waals surface area (Å²) in [6.45, 7) is 4.17. The van der Waals surface area contributed by atoms with Gasteiger partial charge < -0.3 is 0 Å². The van der Waals surface area contributed by atoms with E-state index in [1.165, 1.54) is 23.1 Å². The van der Waals surface area contributed by atoms with Crippen LogP contribution in [0, 0.1) is 6.85 Å². The molecule has 34 heavy (non-hydrogen) atoms. The Labute approximate surface area is 215 Å². The second kappa shape index (κ2) is 8.02. The molecule has 0 spiro atoms. The molecule has 2 aromatic carbocycles. The van der Waals surface area contributed by atoms with E-state index in [0.29, 0.717) is 31.7 Å². The first-order chi connectivity index (χ1) is 19.1. The molecule has 3 aromatic heterocycles. The Morgan fingerprint density at radius 3 is 2.47 bits per heavy atom. The number of pyridine rings is 2. The van der Waals surface area contributed by atoms with Crippen LogP contribution < -0.4 is 0 Å². The van der Waals surface area contributed by atoms with Gasteiger partial charge in [0, 0.05) is 42.4 Å². The Kier molecular flexibility index (Phi) is 3.55. The summed E-state index contributed by atoms with van der Waals surface area (Å²) >= 11 is 1.40. The molecule has 0 atom stereocenters. The molecule has 0 bridgehead atoms. The Balaban J connectivity index is 1.55. The summed E-state index contributed by atoms with van der Waals surface area (Å²) in [6.07, 6.45) is -1.73. The zero-order valence-electron chi connectivity index (χ0n) is 26.5. The Morgan fingerprint density at radius 2 is 1.71 bits per heavy atom. The molecule has 170 valence electrons. The van der Waals surface area contributed by atoms with Gasteiger partial charge in [0.25, 0.3) is 0 Å². The highest BCUT2D eigenvalue weighted by molar-refractivity contribution is 7.26. The average Bonchev–Trinajstić information content (AvgIpc) is 3.28. The molecule has 3 heteroatoms. The second-order valence-corrected chi connectivity index (χ2v) is 10.8. The molecule has 0 unspecified atom stereocenters. The summed E-state index contributed by atoms with van der Waals surface area (Å²) in [6, 6.07) is 17.2. The first kappa shape index (κ1) is 15.1. The first-order valence-electron chi connectivity index (χ1n) is 15.1. The molecule has 0 amide bonds. The minimum atomic E-state index is -2.34. The third kappa shape index (κ3) is 3.63. The summed E-state index contributed by atoms with van der Waals surface area (Å²) in [5.74, 6) is 0. The van der Waals surface area contributed by atoms with E-state index in [1.54, 1.807) is 18.2 Å². The molecule has 0 fully saturated rings. The molecule has 0 aliphatic heterocycles. The van der Waals surface area contributed by atoms with E-state index >= 15 is 0 Å². The maximum absolute atomic E-state index is 8.55. The summed E-state index contributed by atoms with van der Waals surface area (Å²) in [7, 11) is 0. The Hall–Kier alpha value is -3.04. The topological polar surface area (TPSA) is 25.8 Å².